The number of hydrogen-bond donors (Lipinski definition) is 2. The molecule has 1 aliphatic heterocycles. The van der Waals surface area contributed by atoms with Crippen molar-refractivity contribution in [2.75, 3.05) is 25.5 Å². The number of rotatable bonds is 4. The molecule has 1 atom stereocenters. The minimum atomic E-state index is -0.994. The number of pyridine rings is 1. The van der Waals surface area contributed by atoms with Gasteiger partial charge >= 0.3 is 11.8 Å². The van der Waals surface area contributed by atoms with Crippen LogP contribution in [0.2, 0.25) is 0 Å². The number of nitrogens with zero attached hydrogens (tertiary/aromatic N) is 3. The Labute approximate surface area is 114 Å². The SMILES string of the molecule is COc1cnc(NC2CCN(C(=O)O)C2)c([N+](=O)[O-])c1. The van der Waals surface area contributed by atoms with E-state index in [-0.39, 0.29) is 24.1 Å². The first kappa shape index (κ1) is 13.8. The molecule has 1 amide bonds. The summed E-state index contributed by atoms with van der Waals surface area (Å²) in [5, 5.41) is 22.8. The summed E-state index contributed by atoms with van der Waals surface area (Å²) in [5.41, 5.74) is -0.196. The van der Waals surface area contributed by atoms with Gasteiger partial charge in [-0.2, -0.15) is 0 Å². The fourth-order valence-electron chi connectivity index (χ4n) is 2.04. The third-order valence-electron chi connectivity index (χ3n) is 3.07. The summed E-state index contributed by atoms with van der Waals surface area (Å²) < 4.78 is 4.90. The highest BCUT2D eigenvalue weighted by Gasteiger charge is 2.28. The van der Waals surface area contributed by atoms with Crippen LogP contribution in [0.3, 0.4) is 0 Å². The number of anilines is 1. The molecule has 2 N–H and O–H groups in total. The second kappa shape index (κ2) is 5.59. The Morgan fingerprint density at radius 2 is 2.45 bits per heavy atom. The molecule has 108 valence electrons. The first-order chi connectivity index (χ1) is 9.51. The van der Waals surface area contributed by atoms with Crippen LogP contribution in [0.4, 0.5) is 16.3 Å². The lowest BCUT2D eigenvalue weighted by atomic mass is 10.2. The van der Waals surface area contributed by atoms with Crippen LogP contribution in [-0.4, -0.2) is 52.2 Å². The molecule has 0 spiro atoms. The minimum Gasteiger partial charge on any atom is -0.495 e. The van der Waals surface area contributed by atoms with Crippen molar-refractivity contribution >= 4 is 17.6 Å². The molecule has 1 unspecified atom stereocenters. The Morgan fingerprint density at radius 3 is 3.00 bits per heavy atom. The summed E-state index contributed by atoms with van der Waals surface area (Å²) in [6.45, 7) is 0.678. The second-order valence-corrected chi connectivity index (χ2v) is 4.36. The average molecular weight is 282 g/mol. The van der Waals surface area contributed by atoms with Crippen LogP contribution in [0.25, 0.3) is 0 Å². The highest BCUT2D eigenvalue weighted by atomic mass is 16.6. The van der Waals surface area contributed by atoms with E-state index in [1.165, 1.54) is 24.3 Å². The number of hydrogen-bond acceptors (Lipinski definition) is 6. The Balaban J connectivity index is 2.13. The maximum atomic E-state index is 11.0. The van der Waals surface area contributed by atoms with Crippen molar-refractivity contribution in [1.29, 1.82) is 0 Å². The summed E-state index contributed by atoms with van der Waals surface area (Å²) in [7, 11) is 1.40. The molecule has 1 aromatic rings. The smallest absolute Gasteiger partial charge is 0.407 e. The fourth-order valence-corrected chi connectivity index (χ4v) is 2.04. The minimum absolute atomic E-state index is 0.119. The molecule has 0 aliphatic carbocycles. The molecular formula is C11H14N4O5. The number of nitro groups is 1. The topological polar surface area (TPSA) is 118 Å². The molecule has 9 nitrogen and oxygen atoms in total. The molecule has 1 saturated heterocycles. The number of carboxylic acid groups (broad SMARTS) is 1. The molecular weight excluding hydrogens is 268 g/mol. The molecule has 0 aromatic carbocycles. The number of likely N-dealkylation sites (tertiary alicyclic amines) is 1. The van der Waals surface area contributed by atoms with Crippen molar-refractivity contribution < 1.29 is 19.6 Å². The molecule has 1 aliphatic rings. The summed E-state index contributed by atoms with van der Waals surface area (Å²) in [4.78, 5) is 26.5. The van der Waals surface area contributed by atoms with Crippen LogP contribution in [0.5, 0.6) is 5.75 Å². The van der Waals surface area contributed by atoms with Gasteiger partial charge in [0.05, 0.1) is 24.3 Å². The standard InChI is InChI=1S/C11H14N4O5/c1-20-8-4-9(15(18)19)10(12-5-8)13-7-2-3-14(6-7)11(16)17/h4-5,7H,2-3,6H2,1H3,(H,12,13)(H,16,17). The van der Waals surface area contributed by atoms with Gasteiger partial charge in [0.1, 0.15) is 5.75 Å². The van der Waals surface area contributed by atoms with Crippen molar-refractivity contribution in [3.05, 3.63) is 22.4 Å². The van der Waals surface area contributed by atoms with E-state index >= 15 is 0 Å². The van der Waals surface area contributed by atoms with Gasteiger partial charge in [0.15, 0.2) is 0 Å². The fraction of sp³-hybridized carbons (Fsp3) is 0.455. The first-order valence-corrected chi connectivity index (χ1v) is 5.94. The summed E-state index contributed by atoms with van der Waals surface area (Å²) >= 11 is 0. The molecule has 0 radical (unpaired) electrons. The summed E-state index contributed by atoms with van der Waals surface area (Å²) in [5.74, 6) is 0.411. The maximum Gasteiger partial charge on any atom is 0.407 e. The average Bonchev–Trinajstić information content (AvgIpc) is 2.87. The van der Waals surface area contributed by atoms with Crippen LogP contribution in [0.1, 0.15) is 6.42 Å². The Hall–Kier alpha value is -2.58. The van der Waals surface area contributed by atoms with Gasteiger partial charge in [-0.1, -0.05) is 0 Å². The number of ether oxygens (including phenoxy) is 1. The third-order valence-corrected chi connectivity index (χ3v) is 3.07. The lowest BCUT2D eigenvalue weighted by molar-refractivity contribution is -0.384. The van der Waals surface area contributed by atoms with Gasteiger partial charge in [-0.3, -0.25) is 10.1 Å². The zero-order valence-corrected chi connectivity index (χ0v) is 10.8. The van der Waals surface area contributed by atoms with E-state index in [1.54, 1.807) is 0 Å². The van der Waals surface area contributed by atoms with Crippen LogP contribution < -0.4 is 10.1 Å². The van der Waals surface area contributed by atoms with Gasteiger partial charge in [0.25, 0.3) is 0 Å². The van der Waals surface area contributed by atoms with E-state index in [0.29, 0.717) is 18.7 Å². The van der Waals surface area contributed by atoms with Gasteiger partial charge in [0, 0.05) is 19.1 Å². The van der Waals surface area contributed by atoms with Gasteiger partial charge in [0.2, 0.25) is 5.82 Å². The highest BCUT2D eigenvalue weighted by Crippen LogP contribution is 2.27. The van der Waals surface area contributed by atoms with E-state index in [2.05, 4.69) is 10.3 Å². The highest BCUT2D eigenvalue weighted by molar-refractivity contribution is 5.66. The normalized spacial score (nSPS) is 17.9. The second-order valence-electron chi connectivity index (χ2n) is 4.36. The van der Waals surface area contributed by atoms with Crippen molar-refractivity contribution in [3.8, 4) is 5.75 Å². The summed E-state index contributed by atoms with van der Waals surface area (Å²) in [6, 6.07) is 1.09. The predicted molar refractivity (Wildman–Crippen MR) is 69.1 cm³/mol. The number of aromatic nitrogens is 1. The molecule has 9 heteroatoms. The van der Waals surface area contributed by atoms with Crippen LogP contribution in [-0.2, 0) is 0 Å². The van der Waals surface area contributed by atoms with E-state index in [1.807, 2.05) is 0 Å². The molecule has 1 fully saturated rings. The molecule has 2 heterocycles. The van der Waals surface area contributed by atoms with E-state index in [9.17, 15) is 14.9 Å². The number of nitrogens with one attached hydrogen (secondary N) is 1. The van der Waals surface area contributed by atoms with Crippen molar-refractivity contribution in [1.82, 2.24) is 9.88 Å². The van der Waals surface area contributed by atoms with Crippen LogP contribution in [0, 0.1) is 10.1 Å². The maximum absolute atomic E-state index is 11.0. The lowest BCUT2D eigenvalue weighted by Crippen LogP contribution is -2.30. The van der Waals surface area contributed by atoms with Gasteiger partial charge in [-0.15, -0.1) is 0 Å². The van der Waals surface area contributed by atoms with E-state index in [0.717, 1.165) is 0 Å². The number of carbonyl (C=O) groups is 1. The van der Waals surface area contributed by atoms with Crippen molar-refractivity contribution in [2.24, 2.45) is 0 Å². The Kier molecular flexibility index (Phi) is 3.87. The number of amides is 1. The summed E-state index contributed by atoms with van der Waals surface area (Å²) in [6.07, 6.45) is 0.961. The Bertz CT molecular complexity index is 536. The monoisotopic (exact) mass is 282 g/mol. The molecule has 20 heavy (non-hydrogen) atoms. The first-order valence-electron chi connectivity index (χ1n) is 5.94. The zero-order valence-electron chi connectivity index (χ0n) is 10.8. The largest absolute Gasteiger partial charge is 0.495 e. The van der Waals surface area contributed by atoms with Crippen LogP contribution >= 0.6 is 0 Å². The van der Waals surface area contributed by atoms with Gasteiger partial charge in [-0.25, -0.2) is 9.78 Å². The Morgan fingerprint density at radius 1 is 1.70 bits per heavy atom. The van der Waals surface area contributed by atoms with Crippen LogP contribution in [0.15, 0.2) is 12.3 Å². The molecule has 0 bridgehead atoms. The zero-order chi connectivity index (χ0) is 14.7. The van der Waals surface area contributed by atoms with E-state index in [4.69, 9.17) is 9.84 Å². The van der Waals surface area contributed by atoms with Crippen molar-refractivity contribution in [3.63, 3.8) is 0 Å². The van der Waals surface area contributed by atoms with Crippen molar-refractivity contribution in [2.45, 2.75) is 12.5 Å². The molecule has 2 rings (SSSR count). The van der Waals surface area contributed by atoms with E-state index < -0.39 is 11.0 Å². The van der Waals surface area contributed by atoms with Gasteiger partial charge in [-0.05, 0) is 6.42 Å². The quantitative estimate of drug-likeness (QED) is 0.628. The molecule has 0 saturated carbocycles. The number of methoxy groups -OCH3 is 1. The van der Waals surface area contributed by atoms with Gasteiger partial charge < -0.3 is 20.1 Å². The predicted octanol–water partition coefficient (Wildman–Crippen LogP) is 1.16. The third kappa shape index (κ3) is 2.87. The lowest BCUT2D eigenvalue weighted by Gasteiger charge is -2.14. The molecule has 1 aromatic heterocycles.